The summed E-state index contributed by atoms with van der Waals surface area (Å²) in [7, 11) is 0. The van der Waals surface area contributed by atoms with Gasteiger partial charge in [0.15, 0.2) is 0 Å². The third-order valence-corrected chi connectivity index (χ3v) is 3.39. The molecule has 0 saturated heterocycles. The minimum absolute atomic E-state index is 0.140. The predicted molar refractivity (Wildman–Crippen MR) is 78.2 cm³/mol. The van der Waals surface area contributed by atoms with Crippen LogP contribution >= 0.6 is 23.2 Å². The van der Waals surface area contributed by atoms with Crippen molar-refractivity contribution in [2.45, 2.75) is 12.6 Å². The number of aliphatic carboxylic acids is 1. The van der Waals surface area contributed by atoms with E-state index in [-0.39, 0.29) is 21.2 Å². The molecule has 0 amide bonds. The summed E-state index contributed by atoms with van der Waals surface area (Å²) in [6.45, 7) is 0. The Kier molecular flexibility index (Phi) is 4.68. The lowest BCUT2D eigenvalue weighted by molar-refractivity contribution is -0.137. The summed E-state index contributed by atoms with van der Waals surface area (Å²) in [6, 6.07) is 7.23. The Bertz CT molecular complexity index is 707. The van der Waals surface area contributed by atoms with Crippen molar-refractivity contribution in [3.05, 3.63) is 57.6 Å². The van der Waals surface area contributed by atoms with Crippen LogP contribution in [-0.4, -0.2) is 11.1 Å². The standard InChI is InChI=1S/C15H9Cl2F3O2/c16-11-3-9(4-12(17)7-11)13-6-10(15(18,19)20)2-1-8(13)5-14(21)22/h1-4,6-7H,5H2,(H,21,22). The largest absolute Gasteiger partial charge is 0.481 e. The Labute approximate surface area is 134 Å². The third-order valence-electron chi connectivity index (χ3n) is 2.95. The van der Waals surface area contributed by atoms with Crippen LogP contribution in [0, 0.1) is 0 Å². The summed E-state index contributed by atoms with van der Waals surface area (Å²) in [6.07, 6.45) is -4.93. The fourth-order valence-corrected chi connectivity index (χ4v) is 2.57. The van der Waals surface area contributed by atoms with Crippen LogP contribution in [0.25, 0.3) is 11.1 Å². The van der Waals surface area contributed by atoms with Gasteiger partial charge in [0, 0.05) is 10.0 Å². The molecular weight excluding hydrogens is 340 g/mol. The molecular formula is C15H9Cl2F3O2. The fourth-order valence-electron chi connectivity index (χ4n) is 2.05. The number of rotatable bonds is 3. The smallest absolute Gasteiger partial charge is 0.416 e. The van der Waals surface area contributed by atoms with Crippen molar-refractivity contribution in [2.24, 2.45) is 0 Å². The van der Waals surface area contributed by atoms with Gasteiger partial charge >= 0.3 is 12.1 Å². The van der Waals surface area contributed by atoms with Crippen molar-refractivity contribution in [1.29, 1.82) is 0 Å². The topological polar surface area (TPSA) is 37.3 Å². The molecule has 2 nitrogen and oxygen atoms in total. The highest BCUT2D eigenvalue weighted by atomic mass is 35.5. The van der Waals surface area contributed by atoms with Gasteiger partial charge in [0.1, 0.15) is 0 Å². The summed E-state index contributed by atoms with van der Waals surface area (Å²) in [5.41, 5.74) is -0.145. The van der Waals surface area contributed by atoms with Crippen molar-refractivity contribution in [2.75, 3.05) is 0 Å². The number of halogens is 5. The van der Waals surface area contributed by atoms with E-state index in [4.69, 9.17) is 28.3 Å². The van der Waals surface area contributed by atoms with Gasteiger partial charge < -0.3 is 5.11 Å². The molecule has 0 heterocycles. The molecule has 0 aromatic heterocycles. The normalized spacial score (nSPS) is 11.5. The van der Waals surface area contributed by atoms with E-state index >= 15 is 0 Å². The second kappa shape index (κ2) is 6.18. The van der Waals surface area contributed by atoms with Gasteiger partial charge in [-0.05, 0) is 47.0 Å². The van der Waals surface area contributed by atoms with Crippen LogP contribution in [0.4, 0.5) is 13.2 Å². The highest BCUT2D eigenvalue weighted by Crippen LogP contribution is 2.36. The predicted octanol–water partition coefficient (Wildman–Crippen LogP) is 5.31. The molecule has 0 saturated carbocycles. The van der Waals surface area contributed by atoms with Crippen LogP contribution in [0.15, 0.2) is 36.4 Å². The second-order valence-corrected chi connectivity index (χ2v) is 5.47. The molecule has 0 unspecified atom stereocenters. The lowest BCUT2D eigenvalue weighted by Crippen LogP contribution is -2.07. The average Bonchev–Trinajstić information content (AvgIpc) is 2.35. The Morgan fingerprint density at radius 1 is 1.05 bits per heavy atom. The summed E-state index contributed by atoms with van der Waals surface area (Å²) < 4.78 is 38.6. The molecule has 2 aromatic rings. The first-order valence-electron chi connectivity index (χ1n) is 6.05. The van der Waals surface area contributed by atoms with Gasteiger partial charge in [-0.2, -0.15) is 13.2 Å². The molecule has 0 bridgehead atoms. The first-order valence-corrected chi connectivity index (χ1v) is 6.81. The molecule has 0 fully saturated rings. The van der Waals surface area contributed by atoms with Crippen LogP contribution in [0.2, 0.25) is 10.0 Å². The van der Waals surface area contributed by atoms with Gasteiger partial charge in [-0.3, -0.25) is 4.79 Å². The van der Waals surface area contributed by atoms with Crippen molar-refractivity contribution < 1.29 is 23.1 Å². The lowest BCUT2D eigenvalue weighted by atomic mass is 9.95. The highest BCUT2D eigenvalue weighted by molar-refractivity contribution is 6.35. The van der Waals surface area contributed by atoms with Crippen LogP contribution < -0.4 is 0 Å². The van der Waals surface area contributed by atoms with E-state index in [1.54, 1.807) is 0 Å². The number of hydrogen-bond acceptors (Lipinski definition) is 1. The highest BCUT2D eigenvalue weighted by Gasteiger charge is 2.31. The zero-order chi connectivity index (χ0) is 16.5. The van der Waals surface area contributed by atoms with E-state index in [1.165, 1.54) is 18.2 Å². The number of hydrogen-bond donors (Lipinski definition) is 1. The van der Waals surface area contributed by atoms with Crippen LogP contribution in [0.3, 0.4) is 0 Å². The molecule has 2 aromatic carbocycles. The Morgan fingerprint density at radius 2 is 1.64 bits per heavy atom. The van der Waals surface area contributed by atoms with Crippen molar-refractivity contribution in [3.8, 4) is 11.1 Å². The van der Waals surface area contributed by atoms with E-state index in [1.807, 2.05) is 0 Å². The zero-order valence-corrected chi connectivity index (χ0v) is 12.4. The number of carboxylic acids is 1. The monoisotopic (exact) mass is 348 g/mol. The maximum Gasteiger partial charge on any atom is 0.416 e. The fraction of sp³-hybridized carbons (Fsp3) is 0.133. The molecule has 22 heavy (non-hydrogen) atoms. The van der Waals surface area contributed by atoms with E-state index in [0.717, 1.165) is 18.2 Å². The van der Waals surface area contributed by atoms with Crippen LogP contribution in [0.5, 0.6) is 0 Å². The van der Waals surface area contributed by atoms with Gasteiger partial charge in [0.2, 0.25) is 0 Å². The lowest BCUT2D eigenvalue weighted by Gasteiger charge is -2.13. The molecule has 7 heteroatoms. The summed E-state index contributed by atoms with van der Waals surface area (Å²) in [4.78, 5) is 10.9. The molecule has 0 radical (unpaired) electrons. The Hall–Kier alpha value is -1.72. The van der Waals surface area contributed by atoms with Gasteiger partial charge in [-0.1, -0.05) is 29.3 Å². The molecule has 0 aliphatic rings. The van der Waals surface area contributed by atoms with Crippen LogP contribution in [0.1, 0.15) is 11.1 Å². The number of carbonyl (C=O) groups is 1. The van der Waals surface area contributed by atoms with E-state index in [0.29, 0.717) is 5.56 Å². The van der Waals surface area contributed by atoms with Crippen molar-refractivity contribution >= 4 is 29.2 Å². The SMILES string of the molecule is O=C(O)Cc1ccc(C(F)(F)F)cc1-c1cc(Cl)cc(Cl)c1. The summed E-state index contributed by atoms with van der Waals surface area (Å²) >= 11 is 11.7. The zero-order valence-electron chi connectivity index (χ0n) is 10.9. The third kappa shape index (κ3) is 3.93. The first-order chi connectivity index (χ1) is 10.2. The number of carboxylic acid groups (broad SMARTS) is 1. The maximum absolute atomic E-state index is 12.9. The molecule has 2 rings (SSSR count). The van der Waals surface area contributed by atoms with E-state index in [2.05, 4.69) is 0 Å². The average molecular weight is 349 g/mol. The minimum Gasteiger partial charge on any atom is -0.481 e. The maximum atomic E-state index is 12.9. The van der Waals surface area contributed by atoms with Crippen LogP contribution in [-0.2, 0) is 17.4 Å². The van der Waals surface area contributed by atoms with Crippen molar-refractivity contribution in [1.82, 2.24) is 0 Å². The second-order valence-electron chi connectivity index (χ2n) is 4.60. The van der Waals surface area contributed by atoms with E-state index < -0.39 is 24.1 Å². The van der Waals surface area contributed by atoms with Gasteiger partial charge in [-0.25, -0.2) is 0 Å². The molecule has 0 aliphatic carbocycles. The minimum atomic E-state index is -4.53. The number of alkyl halides is 3. The molecule has 0 spiro atoms. The van der Waals surface area contributed by atoms with E-state index in [9.17, 15) is 18.0 Å². The first kappa shape index (κ1) is 16.6. The molecule has 0 aliphatic heterocycles. The molecule has 116 valence electrons. The molecule has 1 N–H and O–H groups in total. The Balaban J connectivity index is 2.65. The number of benzene rings is 2. The summed E-state index contributed by atoms with van der Waals surface area (Å²) in [5.74, 6) is -1.14. The Morgan fingerprint density at radius 3 is 2.14 bits per heavy atom. The van der Waals surface area contributed by atoms with Crippen molar-refractivity contribution in [3.63, 3.8) is 0 Å². The van der Waals surface area contributed by atoms with Gasteiger partial charge in [0.25, 0.3) is 0 Å². The van der Waals surface area contributed by atoms with Gasteiger partial charge in [0.05, 0.1) is 12.0 Å². The summed E-state index contributed by atoms with van der Waals surface area (Å²) in [5, 5.41) is 9.40. The van der Waals surface area contributed by atoms with Gasteiger partial charge in [-0.15, -0.1) is 0 Å². The molecule has 0 atom stereocenters. The quantitative estimate of drug-likeness (QED) is 0.816.